The fourth-order valence-electron chi connectivity index (χ4n) is 9.25. The molecule has 0 unspecified atom stereocenters. The third-order valence-electron chi connectivity index (χ3n) is 14.0. The Morgan fingerprint density at radius 3 is 0.693 bits per heavy atom. The minimum atomic E-state index is -0.885. The maximum atomic E-state index is 13.6. The van der Waals surface area contributed by atoms with Gasteiger partial charge in [0.1, 0.15) is 19.8 Å². The summed E-state index contributed by atoms with van der Waals surface area (Å²) in [4.78, 5) is 78.7. The molecule has 0 radical (unpaired) electrons. The Bertz CT molecular complexity index is 1570. The Kier molecular flexibility index (Phi) is 48.0. The molecular formula is C63H111N3O9. The van der Waals surface area contributed by atoms with Crippen LogP contribution in [0.2, 0.25) is 0 Å². The lowest BCUT2D eigenvalue weighted by molar-refractivity contribution is -0.144. The highest BCUT2D eigenvalue weighted by Crippen LogP contribution is 2.14. The molecule has 1 heterocycles. The van der Waals surface area contributed by atoms with Gasteiger partial charge in [-0.15, -0.1) is 0 Å². The lowest BCUT2D eigenvalue weighted by Gasteiger charge is -2.14. The largest absolute Gasteiger partial charge is 0.464 e. The number of aromatic nitrogens is 3. The molecule has 0 atom stereocenters. The Balaban J connectivity index is 2.61. The van der Waals surface area contributed by atoms with E-state index in [1.165, 1.54) is 116 Å². The van der Waals surface area contributed by atoms with Crippen LogP contribution < -0.4 is 17.1 Å². The van der Waals surface area contributed by atoms with Crippen molar-refractivity contribution in [1.82, 2.24) is 13.7 Å². The Morgan fingerprint density at radius 2 is 0.480 bits per heavy atom. The van der Waals surface area contributed by atoms with E-state index in [2.05, 4.69) is 57.2 Å². The van der Waals surface area contributed by atoms with E-state index in [-0.39, 0.29) is 58.7 Å². The number of esters is 3. The first kappa shape index (κ1) is 69.1. The van der Waals surface area contributed by atoms with Gasteiger partial charge in [0.2, 0.25) is 0 Å². The molecule has 0 aliphatic carbocycles. The highest BCUT2D eigenvalue weighted by Gasteiger charge is 2.17. The predicted molar refractivity (Wildman–Crippen MR) is 310 cm³/mol. The summed E-state index contributed by atoms with van der Waals surface area (Å²) in [5, 5.41) is 0. The minimum absolute atomic E-state index is 0.229. The second kappa shape index (κ2) is 52.1. The van der Waals surface area contributed by atoms with Crippen molar-refractivity contribution < 1.29 is 28.6 Å². The highest BCUT2D eigenvalue weighted by molar-refractivity contribution is 5.69. The first-order valence-electron chi connectivity index (χ1n) is 31.1. The number of hydrogen-bond donors (Lipinski definition) is 0. The molecular weight excluding hydrogens is 943 g/mol. The second-order valence-corrected chi connectivity index (χ2v) is 21.0. The van der Waals surface area contributed by atoms with Gasteiger partial charge in [0, 0.05) is 19.3 Å². The van der Waals surface area contributed by atoms with Crippen molar-refractivity contribution in [3.05, 3.63) is 67.9 Å². The van der Waals surface area contributed by atoms with Gasteiger partial charge in [0.15, 0.2) is 0 Å². The molecule has 12 heteroatoms. The van der Waals surface area contributed by atoms with E-state index in [0.717, 1.165) is 129 Å². The van der Waals surface area contributed by atoms with Gasteiger partial charge in [0.05, 0.1) is 19.6 Å². The van der Waals surface area contributed by atoms with Crippen LogP contribution in [0.25, 0.3) is 0 Å². The molecule has 0 N–H and O–H groups in total. The van der Waals surface area contributed by atoms with Gasteiger partial charge in [-0.25, -0.2) is 28.1 Å². The van der Waals surface area contributed by atoms with Crippen LogP contribution >= 0.6 is 0 Å². The molecule has 0 fully saturated rings. The van der Waals surface area contributed by atoms with Crippen molar-refractivity contribution in [1.29, 1.82) is 0 Å². The smallest absolute Gasteiger partial charge is 0.336 e. The standard InChI is InChI=1S/C63H111N3O9/c1-4-7-10-13-16-19-22-25-28-31-34-37-40-43-46-49-58(67)73-55-52-64-61(70)65(53-56-74-59(68)50-47-44-41-38-35-32-29-26-23-20-17-14-11-8-5-2)63(72)66(62(64)71)54-57-75-60(69)51-48-45-42-39-36-33-30-27-24-21-18-15-12-9-6-3/h25-30H,4-24,31-57H2,1-3H3. The molecule has 1 rings (SSSR count). The molecule has 0 spiro atoms. The Morgan fingerprint density at radius 1 is 0.293 bits per heavy atom. The van der Waals surface area contributed by atoms with Gasteiger partial charge in [0.25, 0.3) is 0 Å². The summed E-state index contributed by atoms with van der Waals surface area (Å²) >= 11 is 0. The zero-order valence-electron chi connectivity index (χ0n) is 48.4. The number of rotatable bonds is 54. The average Bonchev–Trinajstić information content (AvgIpc) is 3.40. The van der Waals surface area contributed by atoms with Crippen LogP contribution in [0.3, 0.4) is 0 Å². The van der Waals surface area contributed by atoms with E-state index in [1.54, 1.807) is 0 Å². The molecule has 432 valence electrons. The van der Waals surface area contributed by atoms with Crippen LogP contribution in [0.5, 0.6) is 0 Å². The maximum Gasteiger partial charge on any atom is 0.336 e. The third kappa shape index (κ3) is 40.9. The fraction of sp³-hybridized carbons (Fsp3) is 0.810. The number of carbonyl (C=O) groups excluding carboxylic acids is 3. The number of hydrogen-bond acceptors (Lipinski definition) is 9. The second-order valence-electron chi connectivity index (χ2n) is 21.0. The van der Waals surface area contributed by atoms with E-state index in [1.807, 2.05) is 0 Å². The zero-order valence-corrected chi connectivity index (χ0v) is 48.4. The number of nitrogens with zero attached hydrogens (tertiary/aromatic N) is 3. The summed E-state index contributed by atoms with van der Waals surface area (Å²) in [5.74, 6) is -1.23. The highest BCUT2D eigenvalue weighted by atomic mass is 16.5. The lowest BCUT2D eigenvalue weighted by atomic mass is 10.1. The van der Waals surface area contributed by atoms with Gasteiger partial charge in [-0.05, 0) is 96.3 Å². The summed E-state index contributed by atoms with van der Waals surface area (Å²) in [6, 6.07) is 0. The monoisotopic (exact) mass is 1050 g/mol. The normalized spacial score (nSPS) is 11.7. The third-order valence-corrected chi connectivity index (χ3v) is 14.0. The Labute approximate surface area is 456 Å². The van der Waals surface area contributed by atoms with E-state index < -0.39 is 35.0 Å². The topological polar surface area (TPSA) is 145 Å². The van der Waals surface area contributed by atoms with Gasteiger partial charge < -0.3 is 14.2 Å². The average molecular weight is 1050 g/mol. The lowest BCUT2D eigenvalue weighted by Crippen LogP contribution is -2.55. The summed E-state index contributed by atoms with van der Waals surface area (Å²) in [6.07, 6.45) is 59.6. The maximum absolute atomic E-state index is 13.6. The van der Waals surface area contributed by atoms with Crippen LogP contribution in [0, 0.1) is 0 Å². The molecule has 1 aromatic heterocycles. The van der Waals surface area contributed by atoms with Crippen LogP contribution in [0.4, 0.5) is 0 Å². The first-order valence-corrected chi connectivity index (χ1v) is 31.1. The SMILES string of the molecule is CCCCCCCCC=CCCCCCCCC(=O)OCCn1c(=O)n(CCOC(=O)CCCCCCCC=CCCCCCCCC)c(=O)n(CCOC(=O)CCCCCCCC=CCCCCCCCC)c1=O. The quantitative estimate of drug-likeness (QED) is 0.0269. The van der Waals surface area contributed by atoms with E-state index in [0.29, 0.717) is 19.3 Å². The fourth-order valence-corrected chi connectivity index (χ4v) is 9.25. The minimum Gasteiger partial charge on any atom is -0.464 e. The van der Waals surface area contributed by atoms with E-state index in [4.69, 9.17) is 14.2 Å². The molecule has 75 heavy (non-hydrogen) atoms. The molecule has 1 aromatic rings. The number of allylic oxidation sites excluding steroid dienone is 6. The van der Waals surface area contributed by atoms with Gasteiger partial charge in [-0.1, -0.05) is 211 Å². The van der Waals surface area contributed by atoms with Crippen molar-refractivity contribution >= 4 is 17.9 Å². The number of unbranched alkanes of at least 4 members (excludes halogenated alkanes) is 33. The molecule has 0 aliphatic heterocycles. The van der Waals surface area contributed by atoms with Crippen LogP contribution in [-0.2, 0) is 48.2 Å². The van der Waals surface area contributed by atoms with Crippen LogP contribution in [-0.4, -0.2) is 51.4 Å². The Hall–Kier alpha value is -3.96. The molecule has 0 aromatic carbocycles. The van der Waals surface area contributed by atoms with Crippen molar-refractivity contribution in [3.8, 4) is 0 Å². The predicted octanol–water partition coefficient (Wildman–Crippen LogP) is 15.9. The summed E-state index contributed by atoms with van der Waals surface area (Å²) in [5.41, 5.74) is -2.66. The van der Waals surface area contributed by atoms with Crippen LogP contribution in [0.1, 0.15) is 290 Å². The van der Waals surface area contributed by atoms with Crippen molar-refractivity contribution in [2.45, 2.75) is 310 Å². The zero-order chi connectivity index (χ0) is 54.5. The van der Waals surface area contributed by atoms with Crippen molar-refractivity contribution in [2.24, 2.45) is 0 Å². The van der Waals surface area contributed by atoms with E-state index >= 15 is 0 Å². The van der Waals surface area contributed by atoms with Crippen molar-refractivity contribution in [3.63, 3.8) is 0 Å². The van der Waals surface area contributed by atoms with Gasteiger partial charge in [-0.3, -0.25) is 14.4 Å². The molecule has 0 aliphatic rings. The molecule has 12 nitrogen and oxygen atoms in total. The van der Waals surface area contributed by atoms with Gasteiger partial charge in [-0.2, -0.15) is 0 Å². The molecule has 0 amide bonds. The number of carbonyl (C=O) groups is 3. The van der Waals surface area contributed by atoms with Gasteiger partial charge >= 0.3 is 35.0 Å². The number of ether oxygens (including phenoxy) is 3. The summed E-state index contributed by atoms with van der Waals surface area (Å²) in [7, 11) is 0. The summed E-state index contributed by atoms with van der Waals surface area (Å²) in [6.45, 7) is 5.26. The first-order chi connectivity index (χ1) is 36.8. The molecule has 0 saturated carbocycles. The van der Waals surface area contributed by atoms with Crippen LogP contribution in [0.15, 0.2) is 50.8 Å². The van der Waals surface area contributed by atoms with Crippen molar-refractivity contribution in [2.75, 3.05) is 19.8 Å². The summed E-state index contributed by atoms with van der Waals surface area (Å²) < 4.78 is 18.9. The molecule has 0 saturated heterocycles. The molecule has 0 bridgehead atoms. The van der Waals surface area contributed by atoms with E-state index in [9.17, 15) is 28.8 Å².